The first-order chi connectivity index (χ1) is 11.5. The third-order valence-electron chi connectivity index (χ3n) is 4.27. The molecule has 0 unspecified atom stereocenters. The number of nitrogens with one attached hydrogen (secondary N) is 1. The van der Waals surface area contributed by atoms with E-state index in [1.165, 1.54) is 11.8 Å². The van der Waals surface area contributed by atoms with Gasteiger partial charge in [-0.3, -0.25) is 9.59 Å². The molecular weight excluding hydrogens is 368 g/mol. The Bertz CT molecular complexity index is 817. The number of carbonyl (C=O) groups excluding carboxylic acids is 2. The van der Waals surface area contributed by atoms with E-state index >= 15 is 0 Å². The first-order valence-electron chi connectivity index (χ1n) is 7.91. The molecule has 0 radical (unpaired) electrons. The highest BCUT2D eigenvalue weighted by Gasteiger charge is 2.27. The predicted molar refractivity (Wildman–Crippen MR) is 99.4 cm³/mol. The van der Waals surface area contributed by atoms with Gasteiger partial charge in [0, 0.05) is 17.9 Å². The van der Waals surface area contributed by atoms with Crippen molar-refractivity contribution < 1.29 is 9.59 Å². The van der Waals surface area contributed by atoms with Crippen LogP contribution in [0.15, 0.2) is 40.9 Å². The predicted octanol–water partition coefficient (Wildman–Crippen LogP) is 3.85. The minimum Gasteiger partial charge on any atom is -0.383 e. The van der Waals surface area contributed by atoms with Crippen LogP contribution in [-0.4, -0.2) is 18.4 Å². The molecule has 1 heterocycles. The third-order valence-corrected chi connectivity index (χ3v) is 4.73. The molecule has 5 heteroatoms. The lowest BCUT2D eigenvalue weighted by molar-refractivity contribution is -0.125. The normalized spacial score (nSPS) is 12.5. The van der Waals surface area contributed by atoms with E-state index in [0.29, 0.717) is 5.69 Å². The summed E-state index contributed by atoms with van der Waals surface area (Å²) in [5.41, 5.74) is 4.61. The van der Waals surface area contributed by atoms with E-state index in [2.05, 4.69) is 21.2 Å². The number of imide groups is 1. The molecular formula is C19H19BrN2O2. The van der Waals surface area contributed by atoms with Gasteiger partial charge >= 0.3 is 0 Å². The number of fused-ring (bicyclic) bond motifs is 1. The van der Waals surface area contributed by atoms with Crippen molar-refractivity contribution in [1.29, 1.82) is 0 Å². The number of aryl methyl sites for hydroxylation is 1. The minimum absolute atomic E-state index is 0.202. The lowest BCUT2D eigenvalue weighted by Crippen LogP contribution is -2.37. The average molecular weight is 387 g/mol. The van der Waals surface area contributed by atoms with E-state index in [1.54, 1.807) is 0 Å². The summed E-state index contributed by atoms with van der Waals surface area (Å²) in [7, 11) is 0. The van der Waals surface area contributed by atoms with E-state index in [1.807, 2.05) is 43.3 Å². The van der Waals surface area contributed by atoms with Crippen molar-refractivity contribution in [2.24, 2.45) is 0 Å². The Balaban J connectivity index is 1.98. The highest BCUT2D eigenvalue weighted by atomic mass is 79.9. The van der Waals surface area contributed by atoms with Crippen LogP contribution < -0.4 is 10.2 Å². The molecule has 1 aliphatic rings. The van der Waals surface area contributed by atoms with Gasteiger partial charge in [-0.05, 0) is 42.2 Å². The number of hydrogen-bond donors (Lipinski definition) is 1. The largest absolute Gasteiger partial charge is 0.383 e. The van der Waals surface area contributed by atoms with Crippen LogP contribution in [0.25, 0.3) is 0 Å². The van der Waals surface area contributed by atoms with Crippen molar-refractivity contribution in [1.82, 2.24) is 0 Å². The van der Waals surface area contributed by atoms with E-state index in [4.69, 9.17) is 0 Å². The highest BCUT2D eigenvalue weighted by Crippen LogP contribution is 2.37. The van der Waals surface area contributed by atoms with Crippen LogP contribution in [0.3, 0.4) is 0 Å². The fourth-order valence-electron chi connectivity index (χ4n) is 3.08. The fourth-order valence-corrected chi connectivity index (χ4v) is 3.57. The molecule has 0 saturated carbocycles. The Morgan fingerprint density at radius 3 is 2.71 bits per heavy atom. The fraction of sp³-hybridized carbons (Fsp3) is 0.263. The van der Waals surface area contributed by atoms with Crippen molar-refractivity contribution in [3.63, 3.8) is 0 Å². The highest BCUT2D eigenvalue weighted by molar-refractivity contribution is 9.10. The van der Waals surface area contributed by atoms with E-state index < -0.39 is 0 Å². The number of halogens is 1. The number of carbonyl (C=O) groups is 2. The summed E-state index contributed by atoms with van der Waals surface area (Å²) in [5, 5.41) is 3.29. The molecule has 24 heavy (non-hydrogen) atoms. The lowest BCUT2D eigenvalue weighted by Gasteiger charge is -2.23. The summed E-state index contributed by atoms with van der Waals surface area (Å²) in [4.78, 5) is 26.4. The zero-order valence-corrected chi connectivity index (χ0v) is 15.3. The molecule has 1 N–H and O–H groups in total. The van der Waals surface area contributed by atoms with E-state index in [0.717, 1.165) is 39.8 Å². The summed E-state index contributed by atoms with van der Waals surface area (Å²) in [5.74, 6) is -0.492. The van der Waals surface area contributed by atoms with E-state index in [9.17, 15) is 9.59 Å². The molecule has 0 spiro atoms. The second kappa shape index (κ2) is 6.77. The van der Waals surface area contributed by atoms with Gasteiger partial charge in [-0.15, -0.1) is 0 Å². The Hall–Kier alpha value is -2.14. The Kier molecular flexibility index (Phi) is 4.71. The van der Waals surface area contributed by atoms with Crippen molar-refractivity contribution in [3.8, 4) is 0 Å². The first-order valence-corrected chi connectivity index (χ1v) is 8.71. The second-order valence-electron chi connectivity index (χ2n) is 5.99. The van der Waals surface area contributed by atoms with Crippen LogP contribution in [0.5, 0.6) is 0 Å². The topological polar surface area (TPSA) is 49.4 Å². The van der Waals surface area contributed by atoms with Crippen LogP contribution in [0, 0.1) is 6.92 Å². The number of nitrogens with zero attached hydrogens (tertiary/aromatic N) is 1. The molecule has 0 atom stereocenters. The van der Waals surface area contributed by atoms with Crippen molar-refractivity contribution in [3.05, 3.63) is 57.6 Å². The Morgan fingerprint density at radius 2 is 2.00 bits per heavy atom. The maximum atomic E-state index is 12.9. The standard InChI is InChI=1S/C19H19BrN2O2/c1-12-5-3-4-6-14(12)10-18(24)22(13(2)23)17-11-16(20)9-15-7-8-21-19(15)17/h3-6,9,11,21H,7-8,10H2,1-2H3. The van der Waals surface area contributed by atoms with Gasteiger partial charge in [-0.25, -0.2) is 4.90 Å². The summed E-state index contributed by atoms with van der Waals surface area (Å²) < 4.78 is 0.870. The maximum absolute atomic E-state index is 12.9. The minimum atomic E-state index is -0.275. The van der Waals surface area contributed by atoms with Gasteiger partial charge in [-0.2, -0.15) is 0 Å². The van der Waals surface area contributed by atoms with Gasteiger partial charge in [0.15, 0.2) is 0 Å². The zero-order valence-electron chi connectivity index (χ0n) is 13.7. The number of rotatable bonds is 3. The van der Waals surface area contributed by atoms with Crippen molar-refractivity contribution in [2.75, 3.05) is 16.8 Å². The van der Waals surface area contributed by atoms with Crippen LogP contribution >= 0.6 is 15.9 Å². The first kappa shape index (κ1) is 16.7. The molecule has 1 aliphatic heterocycles. The molecule has 0 bridgehead atoms. The second-order valence-corrected chi connectivity index (χ2v) is 6.90. The van der Waals surface area contributed by atoms with Gasteiger partial charge in [0.1, 0.15) is 0 Å². The molecule has 0 saturated heterocycles. The molecule has 0 aromatic heterocycles. The zero-order chi connectivity index (χ0) is 17.3. The van der Waals surface area contributed by atoms with Gasteiger partial charge in [0.2, 0.25) is 11.8 Å². The number of benzene rings is 2. The molecule has 2 aromatic carbocycles. The number of anilines is 2. The Morgan fingerprint density at radius 1 is 1.25 bits per heavy atom. The van der Waals surface area contributed by atoms with Crippen LogP contribution in [0.4, 0.5) is 11.4 Å². The molecule has 2 amide bonds. The monoisotopic (exact) mass is 386 g/mol. The van der Waals surface area contributed by atoms with Gasteiger partial charge in [0.05, 0.1) is 17.8 Å². The van der Waals surface area contributed by atoms with Crippen LogP contribution in [0.1, 0.15) is 23.6 Å². The summed E-state index contributed by atoms with van der Waals surface area (Å²) in [6, 6.07) is 11.6. The number of hydrogen-bond acceptors (Lipinski definition) is 3. The number of amides is 2. The molecule has 0 aliphatic carbocycles. The third kappa shape index (κ3) is 3.22. The quantitative estimate of drug-likeness (QED) is 0.871. The van der Waals surface area contributed by atoms with Gasteiger partial charge in [-0.1, -0.05) is 40.2 Å². The molecule has 3 rings (SSSR count). The van der Waals surface area contributed by atoms with Gasteiger partial charge in [0.25, 0.3) is 0 Å². The maximum Gasteiger partial charge on any atom is 0.238 e. The smallest absolute Gasteiger partial charge is 0.238 e. The average Bonchev–Trinajstić information content (AvgIpc) is 2.97. The molecule has 4 nitrogen and oxygen atoms in total. The van der Waals surface area contributed by atoms with Crippen molar-refractivity contribution >= 4 is 39.1 Å². The van der Waals surface area contributed by atoms with Crippen LogP contribution in [-0.2, 0) is 22.4 Å². The Labute approximate surface area is 150 Å². The van der Waals surface area contributed by atoms with Crippen molar-refractivity contribution in [2.45, 2.75) is 26.7 Å². The van der Waals surface area contributed by atoms with Crippen LogP contribution in [0.2, 0.25) is 0 Å². The molecule has 0 fully saturated rings. The molecule has 2 aromatic rings. The lowest BCUT2D eigenvalue weighted by atomic mass is 10.0. The van der Waals surface area contributed by atoms with Gasteiger partial charge < -0.3 is 5.32 Å². The summed E-state index contributed by atoms with van der Waals surface area (Å²) in [6.45, 7) is 4.22. The summed E-state index contributed by atoms with van der Waals surface area (Å²) in [6.07, 6.45) is 1.09. The molecule has 124 valence electrons. The SMILES string of the molecule is CC(=O)N(C(=O)Cc1ccccc1C)c1cc(Br)cc2c1NCC2. The van der Waals surface area contributed by atoms with E-state index in [-0.39, 0.29) is 18.2 Å². The summed E-state index contributed by atoms with van der Waals surface area (Å²) >= 11 is 3.48.